The van der Waals surface area contributed by atoms with Crippen molar-refractivity contribution in [1.82, 2.24) is 10.3 Å². The van der Waals surface area contributed by atoms with Gasteiger partial charge in [0, 0.05) is 23.4 Å². The first kappa shape index (κ1) is 13.8. The first-order chi connectivity index (χ1) is 9.74. The van der Waals surface area contributed by atoms with E-state index in [0.717, 1.165) is 18.8 Å². The average molecular weight is 286 g/mol. The van der Waals surface area contributed by atoms with E-state index in [1.54, 1.807) is 0 Å². The number of hydrogen-bond acceptors (Lipinski definition) is 3. The molecule has 1 aromatic heterocycles. The highest BCUT2D eigenvalue weighted by Crippen LogP contribution is 2.30. The van der Waals surface area contributed by atoms with E-state index in [2.05, 4.69) is 48.8 Å². The smallest absolute Gasteiger partial charge is 0.0976 e. The van der Waals surface area contributed by atoms with Gasteiger partial charge in [0.25, 0.3) is 0 Å². The Morgan fingerprint density at radius 1 is 1.25 bits per heavy atom. The number of nitrogens with zero attached hydrogens (tertiary/aromatic N) is 1. The Morgan fingerprint density at radius 3 is 2.70 bits per heavy atom. The molecule has 20 heavy (non-hydrogen) atoms. The summed E-state index contributed by atoms with van der Waals surface area (Å²) in [6.45, 7) is 6.70. The Hall–Kier alpha value is -1.19. The minimum atomic E-state index is 0.586. The second-order valence-corrected chi connectivity index (χ2v) is 6.78. The van der Waals surface area contributed by atoms with Crippen LogP contribution >= 0.6 is 11.3 Å². The summed E-state index contributed by atoms with van der Waals surface area (Å²) < 4.78 is 0. The minimum Gasteiger partial charge on any atom is -0.316 e. The molecule has 1 unspecified atom stereocenters. The predicted molar refractivity (Wildman–Crippen MR) is 86.5 cm³/mol. The molecule has 0 saturated carbocycles. The number of hydrogen-bond donors (Lipinski definition) is 1. The van der Waals surface area contributed by atoms with Gasteiger partial charge >= 0.3 is 0 Å². The molecule has 1 fully saturated rings. The third-order valence-electron chi connectivity index (χ3n) is 4.04. The molecule has 2 nitrogen and oxygen atoms in total. The largest absolute Gasteiger partial charge is 0.316 e. The van der Waals surface area contributed by atoms with Gasteiger partial charge in [0.05, 0.1) is 10.7 Å². The minimum absolute atomic E-state index is 0.586. The van der Waals surface area contributed by atoms with E-state index in [9.17, 15) is 0 Å². The number of thiazole rings is 1. The molecule has 0 aliphatic carbocycles. The number of rotatable bonds is 3. The van der Waals surface area contributed by atoms with Crippen LogP contribution in [0.2, 0.25) is 0 Å². The summed E-state index contributed by atoms with van der Waals surface area (Å²) in [4.78, 5) is 4.86. The molecule has 1 N–H and O–H groups in total. The van der Waals surface area contributed by atoms with Gasteiger partial charge in [-0.05, 0) is 30.9 Å². The second-order valence-electron chi connectivity index (χ2n) is 5.89. The van der Waals surface area contributed by atoms with Gasteiger partial charge < -0.3 is 5.32 Å². The molecular formula is C17H22N2S. The summed E-state index contributed by atoms with van der Waals surface area (Å²) in [7, 11) is 0. The van der Waals surface area contributed by atoms with Crippen LogP contribution in [0.1, 0.15) is 49.1 Å². The number of aromatic nitrogens is 1. The third-order valence-corrected chi connectivity index (χ3v) is 5.05. The van der Waals surface area contributed by atoms with Crippen molar-refractivity contribution in [2.75, 3.05) is 13.1 Å². The SMILES string of the molecule is CC(C)c1ccc(-c2csc(C3CCCNC3)n2)cc1. The van der Waals surface area contributed by atoms with Crippen LogP contribution in [0.5, 0.6) is 0 Å². The molecular weight excluding hydrogens is 264 g/mol. The second kappa shape index (κ2) is 6.06. The van der Waals surface area contributed by atoms with E-state index < -0.39 is 0 Å². The van der Waals surface area contributed by atoms with Gasteiger partial charge in [-0.25, -0.2) is 4.98 Å². The fraction of sp³-hybridized carbons (Fsp3) is 0.471. The van der Waals surface area contributed by atoms with E-state index in [1.807, 2.05) is 11.3 Å². The fourth-order valence-electron chi connectivity index (χ4n) is 2.71. The van der Waals surface area contributed by atoms with Crippen LogP contribution in [-0.4, -0.2) is 18.1 Å². The first-order valence-electron chi connectivity index (χ1n) is 7.50. The lowest BCUT2D eigenvalue weighted by molar-refractivity contribution is 0.460. The van der Waals surface area contributed by atoms with E-state index in [-0.39, 0.29) is 0 Å². The molecule has 0 amide bonds. The summed E-state index contributed by atoms with van der Waals surface area (Å²) in [5.41, 5.74) is 3.76. The monoisotopic (exact) mass is 286 g/mol. The lowest BCUT2D eigenvalue weighted by atomic mass is 10.00. The lowest BCUT2D eigenvalue weighted by Crippen LogP contribution is -2.28. The average Bonchev–Trinajstić information content (AvgIpc) is 2.98. The van der Waals surface area contributed by atoms with Crippen LogP contribution in [0.3, 0.4) is 0 Å². The zero-order valence-corrected chi connectivity index (χ0v) is 13.0. The predicted octanol–water partition coefficient (Wildman–Crippen LogP) is 4.40. The Labute approximate surface area is 125 Å². The van der Waals surface area contributed by atoms with Gasteiger partial charge in [-0.2, -0.15) is 0 Å². The summed E-state index contributed by atoms with van der Waals surface area (Å²) in [6.07, 6.45) is 2.54. The molecule has 1 atom stereocenters. The highest BCUT2D eigenvalue weighted by Gasteiger charge is 2.18. The quantitative estimate of drug-likeness (QED) is 0.904. The van der Waals surface area contributed by atoms with Crippen LogP contribution in [0.25, 0.3) is 11.3 Å². The molecule has 1 saturated heterocycles. The molecule has 2 heterocycles. The Morgan fingerprint density at radius 2 is 2.05 bits per heavy atom. The molecule has 1 aliphatic heterocycles. The van der Waals surface area contributed by atoms with Gasteiger partial charge in [0.2, 0.25) is 0 Å². The van der Waals surface area contributed by atoms with E-state index in [4.69, 9.17) is 4.98 Å². The summed E-state index contributed by atoms with van der Waals surface area (Å²) in [6, 6.07) is 8.85. The van der Waals surface area contributed by atoms with Gasteiger partial charge in [-0.3, -0.25) is 0 Å². The molecule has 3 heteroatoms. The van der Waals surface area contributed by atoms with Crippen LogP contribution in [-0.2, 0) is 0 Å². The van der Waals surface area contributed by atoms with Crippen LogP contribution in [0.15, 0.2) is 29.6 Å². The van der Waals surface area contributed by atoms with Crippen molar-refractivity contribution in [3.05, 3.63) is 40.2 Å². The molecule has 2 aromatic rings. The van der Waals surface area contributed by atoms with Crippen LogP contribution in [0.4, 0.5) is 0 Å². The van der Waals surface area contributed by atoms with Gasteiger partial charge in [-0.1, -0.05) is 38.1 Å². The Kier molecular flexibility index (Phi) is 4.18. The van der Waals surface area contributed by atoms with Crippen molar-refractivity contribution in [3.8, 4) is 11.3 Å². The normalized spacial score (nSPS) is 19.4. The first-order valence-corrected chi connectivity index (χ1v) is 8.38. The molecule has 0 spiro atoms. The highest BCUT2D eigenvalue weighted by atomic mass is 32.1. The molecule has 106 valence electrons. The van der Waals surface area contributed by atoms with Gasteiger partial charge in [0.15, 0.2) is 0 Å². The number of piperidine rings is 1. The molecule has 0 radical (unpaired) electrons. The van der Waals surface area contributed by atoms with Crippen molar-refractivity contribution < 1.29 is 0 Å². The maximum absolute atomic E-state index is 4.86. The summed E-state index contributed by atoms with van der Waals surface area (Å²) in [5.74, 6) is 1.20. The molecule has 0 bridgehead atoms. The summed E-state index contributed by atoms with van der Waals surface area (Å²) >= 11 is 1.81. The van der Waals surface area contributed by atoms with Crippen LogP contribution < -0.4 is 5.32 Å². The zero-order chi connectivity index (χ0) is 13.9. The maximum Gasteiger partial charge on any atom is 0.0976 e. The Balaban J connectivity index is 1.78. The van der Waals surface area contributed by atoms with Gasteiger partial charge in [0.1, 0.15) is 0 Å². The molecule has 1 aliphatic rings. The van der Waals surface area contributed by atoms with Gasteiger partial charge in [-0.15, -0.1) is 11.3 Å². The van der Waals surface area contributed by atoms with Crippen molar-refractivity contribution in [1.29, 1.82) is 0 Å². The van der Waals surface area contributed by atoms with E-state index in [1.165, 1.54) is 29.0 Å². The maximum atomic E-state index is 4.86. The highest BCUT2D eigenvalue weighted by molar-refractivity contribution is 7.10. The van der Waals surface area contributed by atoms with E-state index >= 15 is 0 Å². The van der Waals surface area contributed by atoms with Crippen molar-refractivity contribution >= 4 is 11.3 Å². The lowest BCUT2D eigenvalue weighted by Gasteiger charge is -2.20. The zero-order valence-electron chi connectivity index (χ0n) is 12.2. The standard InChI is InChI=1S/C17H22N2S/c1-12(2)13-5-7-14(8-6-13)16-11-20-17(19-16)15-4-3-9-18-10-15/h5-8,11-12,15,18H,3-4,9-10H2,1-2H3. The van der Waals surface area contributed by atoms with E-state index in [0.29, 0.717) is 11.8 Å². The Bertz CT molecular complexity index is 551. The number of benzene rings is 1. The van der Waals surface area contributed by atoms with Crippen LogP contribution in [0, 0.1) is 0 Å². The third kappa shape index (κ3) is 2.94. The van der Waals surface area contributed by atoms with Crippen molar-refractivity contribution in [2.24, 2.45) is 0 Å². The topological polar surface area (TPSA) is 24.9 Å². The number of nitrogens with one attached hydrogen (secondary N) is 1. The fourth-order valence-corrected chi connectivity index (χ4v) is 3.67. The summed E-state index contributed by atoms with van der Waals surface area (Å²) in [5, 5.41) is 6.96. The van der Waals surface area contributed by atoms with Crippen molar-refractivity contribution in [3.63, 3.8) is 0 Å². The molecule has 1 aromatic carbocycles. The van der Waals surface area contributed by atoms with Crippen molar-refractivity contribution in [2.45, 2.75) is 38.5 Å². The molecule has 3 rings (SSSR count).